The SMILES string of the molecule is C[C@H]1CCN2C[C@@H](O)[C@@H](O)[C@H]2[C@@H]1O. The molecular weight excluding hydrogens is 170 g/mol. The Morgan fingerprint density at radius 2 is 1.85 bits per heavy atom. The normalized spacial score (nSPS) is 52.2. The quantitative estimate of drug-likeness (QED) is 0.445. The van der Waals surface area contributed by atoms with E-state index in [1.807, 2.05) is 11.8 Å². The molecule has 0 aromatic carbocycles. The molecule has 2 fully saturated rings. The van der Waals surface area contributed by atoms with E-state index in [4.69, 9.17) is 0 Å². The Hall–Kier alpha value is -0.160. The molecule has 3 N–H and O–H groups in total. The van der Waals surface area contributed by atoms with E-state index in [2.05, 4.69) is 0 Å². The summed E-state index contributed by atoms with van der Waals surface area (Å²) in [6.45, 7) is 3.35. The van der Waals surface area contributed by atoms with E-state index in [1.54, 1.807) is 0 Å². The second kappa shape index (κ2) is 3.20. The number of fused-ring (bicyclic) bond motifs is 1. The molecule has 2 aliphatic rings. The maximum atomic E-state index is 9.82. The first-order valence-corrected chi connectivity index (χ1v) is 4.89. The van der Waals surface area contributed by atoms with Crippen LogP contribution in [0.1, 0.15) is 13.3 Å². The summed E-state index contributed by atoms with van der Waals surface area (Å²) in [5.41, 5.74) is 0. The summed E-state index contributed by atoms with van der Waals surface area (Å²) in [6, 6.07) is -0.251. The van der Waals surface area contributed by atoms with Crippen LogP contribution in [0.15, 0.2) is 0 Å². The first kappa shape index (κ1) is 9.40. The van der Waals surface area contributed by atoms with Gasteiger partial charge in [0, 0.05) is 6.54 Å². The van der Waals surface area contributed by atoms with E-state index in [-0.39, 0.29) is 12.0 Å². The average molecular weight is 187 g/mol. The lowest BCUT2D eigenvalue weighted by Crippen LogP contribution is -2.52. The van der Waals surface area contributed by atoms with Crippen LogP contribution in [0.2, 0.25) is 0 Å². The Bertz CT molecular complexity index is 197. The van der Waals surface area contributed by atoms with E-state index >= 15 is 0 Å². The Kier molecular flexibility index (Phi) is 2.32. The molecular formula is C9H17NO3. The lowest BCUT2D eigenvalue weighted by Gasteiger charge is -2.38. The maximum absolute atomic E-state index is 9.82. The van der Waals surface area contributed by atoms with Crippen molar-refractivity contribution in [2.24, 2.45) is 5.92 Å². The summed E-state index contributed by atoms with van der Waals surface area (Å²) < 4.78 is 0. The highest BCUT2D eigenvalue weighted by atomic mass is 16.3. The van der Waals surface area contributed by atoms with Crippen LogP contribution in [0.5, 0.6) is 0 Å². The van der Waals surface area contributed by atoms with Gasteiger partial charge >= 0.3 is 0 Å². The fourth-order valence-electron chi connectivity index (χ4n) is 2.45. The topological polar surface area (TPSA) is 63.9 Å². The first-order valence-electron chi connectivity index (χ1n) is 4.89. The second-order valence-corrected chi connectivity index (χ2v) is 4.30. The average Bonchev–Trinajstić information content (AvgIpc) is 2.37. The molecule has 2 heterocycles. The lowest BCUT2D eigenvalue weighted by atomic mass is 9.88. The van der Waals surface area contributed by atoms with E-state index in [0.29, 0.717) is 6.54 Å². The van der Waals surface area contributed by atoms with E-state index in [1.165, 1.54) is 0 Å². The fraction of sp³-hybridized carbons (Fsp3) is 1.00. The summed E-state index contributed by atoms with van der Waals surface area (Å²) in [6.07, 6.45) is -1.03. The Morgan fingerprint density at radius 3 is 2.54 bits per heavy atom. The van der Waals surface area contributed by atoms with Gasteiger partial charge in [0.1, 0.15) is 0 Å². The van der Waals surface area contributed by atoms with Gasteiger partial charge in [0.15, 0.2) is 0 Å². The number of piperidine rings is 1. The van der Waals surface area contributed by atoms with Gasteiger partial charge in [-0.3, -0.25) is 4.90 Å². The lowest BCUT2D eigenvalue weighted by molar-refractivity contribution is -0.0519. The van der Waals surface area contributed by atoms with E-state index in [0.717, 1.165) is 13.0 Å². The molecule has 0 aromatic rings. The van der Waals surface area contributed by atoms with Crippen LogP contribution in [0.3, 0.4) is 0 Å². The molecule has 2 rings (SSSR count). The molecule has 0 spiro atoms. The number of aliphatic hydroxyl groups is 3. The molecule has 0 bridgehead atoms. The number of rotatable bonds is 0. The minimum Gasteiger partial charge on any atom is -0.391 e. The maximum Gasteiger partial charge on any atom is 0.0991 e. The summed E-state index contributed by atoms with van der Waals surface area (Å²) in [7, 11) is 0. The molecule has 0 radical (unpaired) electrons. The monoisotopic (exact) mass is 187 g/mol. The molecule has 0 unspecified atom stereocenters. The van der Waals surface area contributed by atoms with Crippen molar-refractivity contribution < 1.29 is 15.3 Å². The Balaban J connectivity index is 2.14. The van der Waals surface area contributed by atoms with E-state index in [9.17, 15) is 15.3 Å². The van der Waals surface area contributed by atoms with Gasteiger partial charge in [0.2, 0.25) is 0 Å². The van der Waals surface area contributed by atoms with Gasteiger partial charge < -0.3 is 15.3 Å². The third-order valence-electron chi connectivity index (χ3n) is 3.39. The van der Waals surface area contributed by atoms with Crippen molar-refractivity contribution in [3.63, 3.8) is 0 Å². The van der Waals surface area contributed by atoms with Gasteiger partial charge in [-0.05, 0) is 18.9 Å². The molecule has 0 amide bonds. The number of nitrogens with zero attached hydrogens (tertiary/aromatic N) is 1. The van der Waals surface area contributed by atoms with Crippen LogP contribution in [0.4, 0.5) is 0 Å². The smallest absolute Gasteiger partial charge is 0.0991 e. The molecule has 2 aliphatic heterocycles. The van der Waals surface area contributed by atoms with Crippen LogP contribution in [-0.4, -0.2) is 57.7 Å². The number of aliphatic hydroxyl groups excluding tert-OH is 3. The Labute approximate surface area is 77.8 Å². The van der Waals surface area contributed by atoms with Crippen molar-refractivity contribution in [1.29, 1.82) is 0 Å². The number of hydrogen-bond donors (Lipinski definition) is 3. The zero-order valence-corrected chi connectivity index (χ0v) is 7.80. The fourth-order valence-corrected chi connectivity index (χ4v) is 2.45. The largest absolute Gasteiger partial charge is 0.391 e. The standard InChI is InChI=1S/C9H17NO3/c1-5-2-3-10-4-6(11)9(13)7(10)8(5)12/h5-9,11-13H,2-4H2,1H3/t5-,6+,7+,8+,9+/m0/s1. The summed E-state index contributed by atoms with van der Waals surface area (Å²) in [4.78, 5) is 1.99. The third-order valence-corrected chi connectivity index (χ3v) is 3.39. The summed E-state index contributed by atoms with van der Waals surface area (Å²) in [5, 5.41) is 28.9. The molecule has 4 nitrogen and oxygen atoms in total. The summed E-state index contributed by atoms with van der Waals surface area (Å²) in [5.74, 6) is 0.223. The number of hydrogen-bond acceptors (Lipinski definition) is 4. The molecule has 0 saturated carbocycles. The van der Waals surface area contributed by atoms with E-state index < -0.39 is 18.3 Å². The summed E-state index contributed by atoms with van der Waals surface area (Å²) >= 11 is 0. The van der Waals surface area contributed by atoms with Crippen molar-refractivity contribution >= 4 is 0 Å². The Morgan fingerprint density at radius 1 is 1.15 bits per heavy atom. The molecule has 0 aromatic heterocycles. The zero-order valence-electron chi connectivity index (χ0n) is 7.80. The van der Waals surface area contributed by atoms with Crippen LogP contribution in [-0.2, 0) is 0 Å². The molecule has 76 valence electrons. The predicted molar refractivity (Wildman–Crippen MR) is 47.2 cm³/mol. The van der Waals surface area contributed by atoms with Crippen molar-refractivity contribution in [2.75, 3.05) is 13.1 Å². The molecule has 5 atom stereocenters. The van der Waals surface area contributed by atoms with Crippen LogP contribution in [0.25, 0.3) is 0 Å². The van der Waals surface area contributed by atoms with Crippen LogP contribution < -0.4 is 0 Å². The van der Waals surface area contributed by atoms with Gasteiger partial charge in [0.25, 0.3) is 0 Å². The molecule has 4 heteroatoms. The minimum atomic E-state index is -0.780. The van der Waals surface area contributed by atoms with Gasteiger partial charge in [-0.1, -0.05) is 6.92 Å². The second-order valence-electron chi connectivity index (χ2n) is 4.30. The van der Waals surface area contributed by atoms with Gasteiger partial charge in [0.05, 0.1) is 24.4 Å². The molecule has 2 saturated heterocycles. The molecule has 0 aliphatic carbocycles. The van der Waals surface area contributed by atoms with Crippen molar-refractivity contribution in [3.8, 4) is 0 Å². The highest BCUT2D eigenvalue weighted by Crippen LogP contribution is 2.30. The third kappa shape index (κ3) is 1.38. The van der Waals surface area contributed by atoms with Crippen molar-refractivity contribution in [2.45, 2.75) is 37.7 Å². The zero-order chi connectivity index (χ0) is 9.59. The first-order chi connectivity index (χ1) is 6.11. The molecule has 13 heavy (non-hydrogen) atoms. The van der Waals surface area contributed by atoms with Crippen molar-refractivity contribution in [1.82, 2.24) is 4.90 Å². The van der Waals surface area contributed by atoms with Crippen LogP contribution >= 0.6 is 0 Å². The van der Waals surface area contributed by atoms with Gasteiger partial charge in [-0.25, -0.2) is 0 Å². The minimum absolute atomic E-state index is 0.223. The van der Waals surface area contributed by atoms with Gasteiger partial charge in [-0.15, -0.1) is 0 Å². The van der Waals surface area contributed by atoms with Gasteiger partial charge in [-0.2, -0.15) is 0 Å². The predicted octanol–water partition coefficient (Wildman–Crippen LogP) is -1.21. The van der Waals surface area contributed by atoms with Crippen LogP contribution in [0, 0.1) is 5.92 Å². The highest BCUT2D eigenvalue weighted by molar-refractivity contribution is 5.01. The highest BCUT2D eigenvalue weighted by Gasteiger charge is 2.47. The van der Waals surface area contributed by atoms with Crippen molar-refractivity contribution in [3.05, 3.63) is 0 Å².